The fourth-order valence-corrected chi connectivity index (χ4v) is 7.26. The number of carbonyl (C=O) groups is 2. The number of alkyl halides is 7. The predicted octanol–water partition coefficient (Wildman–Crippen LogP) is 7.44. The smallest absolute Gasteiger partial charge is 0.408 e. The topological polar surface area (TPSA) is 161 Å². The van der Waals surface area contributed by atoms with Crippen LogP contribution >= 0.6 is 11.6 Å². The van der Waals surface area contributed by atoms with Crippen molar-refractivity contribution in [3.63, 3.8) is 0 Å². The van der Waals surface area contributed by atoms with Gasteiger partial charge in [0.1, 0.15) is 17.6 Å². The summed E-state index contributed by atoms with van der Waals surface area (Å²) in [6.45, 7) is -2.29. The van der Waals surface area contributed by atoms with E-state index in [1.54, 1.807) is 4.80 Å². The first-order chi connectivity index (χ1) is 26.3. The molecule has 0 saturated heterocycles. The van der Waals surface area contributed by atoms with Crippen LogP contribution in [0.5, 0.6) is 0 Å². The van der Waals surface area contributed by atoms with E-state index in [0.717, 1.165) is 37.9 Å². The molecule has 3 N–H and O–H groups in total. The van der Waals surface area contributed by atoms with Gasteiger partial charge in [-0.15, -0.1) is 0 Å². The van der Waals surface area contributed by atoms with Crippen molar-refractivity contribution >= 4 is 29.6 Å². The third-order valence-corrected chi connectivity index (χ3v) is 10.9. The van der Waals surface area contributed by atoms with Crippen molar-refractivity contribution in [2.45, 2.75) is 88.3 Å². The highest BCUT2D eigenvalue weighted by atomic mass is 35.5. The summed E-state index contributed by atoms with van der Waals surface area (Å²) >= 11 is 6.41. The first-order valence-corrected chi connectivity index (χ1v) is 17.7. The molecule has 56 heavy (non-hydrogen) atoms. The zero-order chi connectivity index (χ0) is 40.5. The number of nitrogens with two attached hydrogens (primary N) is 1. The standard InChI is InChI=1S/C35H34ClF7N10O3/c1-32(2,35(41,42)43)16-34(20-6-3-18(4-7-20)24-14-46-53(49-24)21-8-9-21)28(54)51(30(44)48-34)25(15-50(31(55)56)33(11-12-33)27(37)38)19-5-10-23(36)22(13-19)26-45-17-47-52(26)29(39)40/h3-7,10,13-14,17,21,25,27,29H,8-9,11-12,15-16H2,1-2H3,(H2,44,48)(H,55,56)/t25-,34-/m1/s1. The second kappa shape index (κ2) is 13.7. The number of amides is 2. The van der Waals surface area contributed by atoms with Gasteiger partial charge in [-0.05, 0) is 55.4 Å². The minimum Gasteiger partial charge on any atom is -0.465 e. The van der Waals surface area contributed by atoms with Crippen LogP contribution in [0.4, 0.5) is 35.5 Å². The van der Waals surface area contributed by atoms with Crippen LogP contribution in [0, 0.1) is 5.41 Å². The zero-order valence-electron chi connectivity index (χ0n) is 29.6. The molecule has 2 aromatic heterocycles. The average molecular weight is 811 g/mol. The van der Waals surface area contributed by atoms with Gasteiger partial charge in [0, 0.05) is 17.7 Å². The highest BCUT2D eigenvalue weighted by Crippen LogP contribution is 2.52. The van der Waals surface area contributed by atoms with E-state index in [0.29, 0.717) is 16.2 Å². The van der Waals surface area contributed by atoms with Crippen molar-refractivity contribution in [2.24, 2.45) is 16.1 Å². The van der Waals surface area contributed by atoms with Gasteiger partial charge >= 0.3 is 18.8 Å². The van der Waals surface area contributed by atoms with Gasteiger partial charge in [0.15, 0.2) is 17.3 Å². The number of aromatic nitrogens is 6. The second-order valence-electron chi connectivity index (χ2n) is 14.8. The number of carbonyl (C=O) groups excluding carboxylic acids is 1. The number of hydrogen-bond donors (Lipinski definition) is 2. The maximum atomic E-state index is 15.0. The van der Waals surface area contributed by atoms with Crippen molar-refractivity contribution in [2.75, 3.05) is 6.54 Å². The van der Waals surface area contributed by atoms with Crippen LogP contribution in [0.3, 0.4) is 0 Å². The van der Waals surface area contributed by atoms with Crippen molar-refractivity contribution in [3.8, 4) is 22.6 Å². The minimum absolute atomic E-state index is 0.00877. The molecule has 13 nitrogen and oxygen atoms in total. The number of guanidine groups is 1. The lowest BCUT2D eigenvalue weighted by Gasteiger charge is -2.39. The maximum Gasteiger partial charge on any atom is 0.408 e. The molecular formula is C35H34ClF7N10O3. The summed E-state index contributed by atoms with van der Waals surface area (Å²) in [5.74, 6) is -2.20. The van der Waals surface area contributed by atoms with Gasteiger partial charge in [0.25, 0.3) is 12.3 Å². The summed E-state index contributed by atoms with van der Waals surface area (Å²) in [6, 6.07) is 8.10. The van der Waals surface area contributed by atoms with Crippen LogP contribution < -0.4 is 5.73 Å². The second-order valence-corrected chi connectivity index (χ2v) is 15.2. The first kappa shape index (κ1) is 39.0. The normalized spacial score (nSPS) is 20.2. The molecule has 1 aliphatic heterocycles. The molecule has 2 saturated carbocycles. The molecule has 2 fully saturated rings. The van der Waals surface area contributed by atoms with E-state index >= 15 is 4.79 Å². The Balaban J connectivity index is 1.36. The number of halogens is 8. The number of benzene rings is 2. The SMILES string of the molecule is CC(C)(C[C@]1(c2ccc(-c3cnn(C4CC4)n3)cc2)N=C(N)N([C@H](CN(C(=O)O)C2(C(F)F)CC2)c2ccc(Cl)c(-c3ncnn3C(F)F)c2)C1=O)C(F)(F)F. The fraction of sp³-hybridized carbons (Fsp3) is 0.457. The van der Waals surface area contributed by atoms with E-state index in [4.69, 9.17) is 17.3 Å². The summed E-state index contributed by atoms with van der Waals surface area (Å²) in [6.07, 6.45) is -7.01. The summed E-state index contributed by atoms with van der Waals surface area (Å²) in [7, 11) is 0. The van der Waals surface area contributed by atoms with E-state index in [1.807, 2.05) is 0 Å². The molecule has 0 bridgehead atoms. The van der Waals surface area contributed by atoms with Gasteiger partial charge in [0.2, 0.25) is 0 Å². The minimum atomic E-state index is -4.86. The molecule has 21 heteroatoms. The van der Waals surface area contributed by atoms with Gasteiger partial charge in [0.05, 0.1) is 28.7 Å². The molecule has 0 spiro atoms. The molecule has 2 amide bonds. The Morgan fingerprint density at radius 1 is 1.07 bits per heavy atom. The Morgan fingerprint density at radius 2 is 1.75 bits per heavy atom. The molecule has 0 radical (unpaired) electrons. The Hall–Kier alpha value is -5.27. The van der Waals surface area contributed by atoms with Gasteiger partial charge < -0.3 is 10.8 Å². The molecule has 2 aromatic carbocycles. The average Bonchev–Trinajstić information content (AvgIpc) is 4.01. The van der Waals surface area contributed by atoms with Gasteiger partial charge in [-0.2, -0.15) is 46.7 Å². The molecule has 2 atom stereocenters. The highest BCUT2D eigenvalue weighted by molar-refractivity contribution is 6.33. The van der Waals surface area contributed by atoms with Gasteiger partial charge in [-0.1, -0.05) is 55.8 Å². The van der Waals surface area contributed by atoms with Crippen LogP contribution in [-0.2, 0) is 10.3 Å². The van der Waals surface area contributed by atoms with E-state index in [-0.39, 0.29) is 45.3 Å². The molecule has 4 aromatic rings. The van der Waals surface area contributed by atoms with Crippen LogP contribution in [0.15, 0.2) is 60.0 Å². The Labute approximate surface area is 318 Å². The summed E-state index contributed by atoms with van der Waals surface area (Å²) < 4.78 is 101. The monoisotopic (exact) mass is 810 g/mol. The van der Waals surface area contributed by atoms with Crippen LogP contribution in [0.25, 0.3) is 22.6 Å². The summed E-state index contributed by atoms with van der Waals surface area (Å²) in [4.78, 5) is 38.8. The first-order valence-electron chi connectivity index (χ1n) is 17.3. The van der Waals surface area contributed by atoms with Crippen molar-refractivity contribution in [1.29, 1.82) is 0 Å². The molecule has 2 aliphatic carbocycles. The zero-order valence-corrected chi connectivity index (χ0v) is 30.4. The van der Waals surface area contributed by atoms with Crippen molar-refractivity contribution < 1.29 is 45.4 Å². The van der Waals surface area contributed by atoms with Crippen LogP contribution in [0.2, 0.25) is 5.02 Å². The number of nitrogens with zero attached hydrogens (tertiary/aromatic N) is 9. The third-order valence-electron chi connectivity index (χ3n) is 10.6. The van der Waals surface area contributed by atoms with E-state index in [1.165, 1.54) is 48.7 Å². The number of carboxylic acid groups (broad SMARTS) is 1. The molecule has 7 rings (SSSR count). The van der Waals surface area contributed by atoms with Gasteiger partial charge in [-0.3, -0.25) is 14.6 Å². The van der Waals surface area contributed by atoms with Crippen LogP contribution in [-0.4, -0.2) is 87.3 Å². The molecule has 3 heterocycles. The number of rotatable bonds is 13. The Kier molecular flexibility index (Phi) is 9.56. The van der Waals surface area contributed by atoms with E-state index in [9.17, 15) is 40.6 Å². The molecule has 3 aliphatic rings. The van der Waals surface area contributed by atoms with E-state index < -0.39 is 78.4 Å². The number of aliphatic imine (C=N–C) groups is 1. The summed E-state index contributed by atoms with van der Waals surface area (Å²) in [5, 5.41) is 22.4. The lowest BCUT2D eigenvalue weighted by atomic mass is 9.74. The lowest BCUT2D eigenvalue weighted by molar-refractivity contribution is -0.218. The molecule has 0 unspecified atom stereocenters. The van der Waals surface area contributed by atoms with Crippen LogP contribution in [0.1, 0.15) is 75.7 Å². The number of hydrogen-bond acceptors (Lipinski definition) is 8. The highest BCUT2D eigenvalue weighted by Gasteiger charge is 2.61. The Morgan fingerprint density at radius 3 is 2.32 bits per heavy atom. The summed E-state index contributed by atoms with van der Waals surface area (Å²) in [5.41, 5.74) is 0.146. The quantitative estimate of drug-likeness (QED) is 0.132. The Bertz CT molecular complexity index is 2180. The maximum absolute atomic E-state index is 15.0. The lowest BCUT2D eigenvalue weighted by Crippen LogP contribution is -2.53. The molecule has 298 valence electrons. The predicted molar refractivity (Wildman–Crippen MR) is 185 cm³/mol. The molecular weight excluding hydrogens is 777 g/mol. The van der Waals surface area contributed by atoms with Crippen molar-refractivity contribution in [1.82, 2.24) is 39.6 Å². The van der Waals surface area contributed by atoms with Crippen molar-refractivity contribution in [3.05, 3.63) is 71.1 Å². The third kappa shape index (κ3) is 6.70. The fourth-order valence-electron chi connectivity index (χ4n) is 7.05. The van der Waals surface area contributed by atoms with E-state index in [2.05, 4.69) is 25.3 Å². The largest absolute Gasteiger partial charge is 0.465 e. The van der Waals surface area contributed by atoms with Gasteiger partial charge in [-0.25, -0.2) is 23.6 Å².